The maximum absolute atomic E-state index is 12.5. The summed E-state index contributed by atoms with van der Waals surface area (Å²) in [5.41, 5.74) is 0.336. The van der Waals surface area contributed by atoms with Crippen molar-refractivity contribution in [2.24, 2.45) is 0 Å². The fourth-order valence-corrected chi connectivity index (χ4v) is 0.887. The molecule has 1 aromatic rings. The summed E-state index contributed by atoms with van der Waals surface area (Å²) in [4.78, 5) is 11.2. The second kappa shape index (κ2) is 5.34. The number of carbonyl (C=O) groups excluding carboxylic acids is 1. The molecule has 0 aliphatic carbocycles. The van der Waals surface area contributed by atoms with Gasteiger partial charge in [-0.2, -0.15) is 0 Å². The summed E-state index contributed by atoms with van der Waals surface area (Å²) >= 11 is 0. The number of esters is 1. The molecule has 0 heterocycles. The van der Waals surface area contributed by atoms with Crippen LogP contribution >= 0.6 is 0 Å². The molecule has 14 heavy (non-hydrogen) atoms. The van der Waals surface area contributed by atoms with Crippen LogP contribution < -0.4 is 0 Å². The van der Waals surface area contributed by atoms with Crippen LogP contribution in [0.5, 0.6) is 0 Å². The first kappa shape index (κ1) is 10.7. The molecule has 0 bridgehead atoms. The van der Waals surface area contributed by atoms with Gasteiger partial charge in [-0.1, -0.05) is 0 Å². The summed E-state index contributed by atoms with van der Waals surface area (Å²) in [6.07, 6.45) is 0. The third kappa shape index (κ3) is 3.14. The van der Waals surface area contributed by atoms with E-state index in [0.717, 1.165) is 0 Å². The lowest BCUT2D eigenvalue weighted by atomic mass is 10.2. The van der Waals surface area contributed by atoms with Gasteiger partial charge >= 0.3 is 5.97 Å². The van der Waals surface area contributed by atoms with E-state index in [9.17, 15) is 9.18 Å². The highest BCUT2D eigenvalue weighted by Crippen LogP contribution is 2.04. The minimum absolute atomic E-state index is 0.201. The summed E-state index contributed by atoms with van der Waals surface area (Å²) < 4.78 is 22.0. The van der Waals surface area contributed by atoms with Gasteiger partial charge in [0.2, 0.25) is 0 Å². The van der Waals surface area contributed by atoms with Crippen LogP contribution in [0, 0.1) is 5.82 Å². The molecule has 0 saturated heterocycles. The summed E-state index contributed by atoms with van der Waals surface area (Å²) in [5.74, 6) is -0.847. The molecule has 0 saturated carbocycles. The van der Waals surface area contributed by atoms with Crippen molar-refractivity contribution in [1.29, 1.82) is 0 Å². The van der Waals surface area contributed by atoms with E-state index in [0.29, 0.717) is 12.2 Å². The molecule has 76 valence electrons. The smallest absolute Gasteiger partial charge is 0.338 e. The Morgan fingerprint density at radius 3 is 2.50 bits per heavy atom. The van der Waals surface area contributed by atoms with Gasteiger partial charge in [0.1, 0.15) is 12.4 Å². The van der Waals surface area contributed by atoms with Crippen LogP contribution in [0.2, 0.25) is 0 Å². The minimum Gasteiger partial charge on any atom is -0.460 e. The summed E-state index contributed by atoms with van der Waals surface area (Å²) in [6.45, 7) is 0.555. The van der Waals surface area contributed by atoms with Crippen molar-refractivity contribution < 1.29 is 18.7 Å². The van der Waals surface area contributed by atoms with Gasteiger partial charge in [-0.3, -0.25) is 0 Å². The molecular weight excluding hydrogens is 187 g/mol. The van der Waals surface area contributed by atoms with Gasteiger partial charge < -0.3 is 9.47 Å². The second-order valence-electron chi connectivity index (χ2n) is 2.64. The molecule has 0 aliphatic rings. The first-order chi connectivity index (χ1) is 6.74. The molecule has 0 amide bonds. The van der Waals surface area contributed by atoms with E-state index in [1.807, 2.05) is 0 Å². The molecule has 3 nitrogen and oxygen atoms in total. The van der Waals surface area contributed by atoms with E-state index in [1.165, 1.54) is 31.4 Å². The normalized spacial score (nSPS) is 9.86. The number of rotatable bonds is 4. The van der Waals surface area contributed by atoms with E-state index >= 15 is 0 Å². The van der Waals surface area contributed by atoms with Crippen LogP contribution in [-0.2, 0) is 9.47 Å². The van der Waals surface area contributed by atoms with Crippen molar-refractivity contribution in [2.45, 2.75) is 0 Å². The van der Waals surface area contributed by atoms with Crippen LogP contribution in [-0.4, -0.2) is 26.3 Å². The van der Waals surface area contributed by atoms with Gasteiger partial charge in [0.25, 0.3) is 0 Å². The van der Waals surface area contributed by atoms with Gasteiger partial charge in [0, 0.05) is 7.11 Å². The monoisotopic (exact) mass is 198 g/mol. The number of benzene rings is 1. The highest BCUT2D eigenvalue weighted by atomic mass is 19.1. The molecule has 0 atom stereocenters. The molecule has 0 spiro atoms. The summed E-state index contributed by atoms with van der Waals surface area (Å²) in [5, 5.41) is 0. The maximum atomic E-state index is 12.5. The zero-order chi connectivity index (χ0) is 10.4. The molecule has 0 N–H and O–H groups in total. The van der Waals surface area contributed by atoms with E-state index in [2.05, 4.69) is 0 Å². The minimum atomic E-state index is -0.470. The zero-order valence-corrected chi connectivity index (χ0v) is 7.83. The average Bonchev–Trinajstić information content (AvgIpc) is 2.19. The predicted molar refractivity (Wildman–Crippen MR) is 48.6 cm³/mol. The fraction of sp³-hybridized carbons (Fsp3) is 0.300. The van der Waals surface area contributed by atoms with Crippen molar-refractivity contribution in [3.05, 3.63) is 35.6 Å². The molecule has 1 aromatic carbocycles. The largest absolute Gasteiger partial charge is 0.460 e. The topological polar surface area (TPSA) is 35.5 Å². The van der Waals surface area contributed by atoms with Gasteiger partial charge in [-0.25, -0.2) is 9.18 Å². The second-order valence-corrected chi connectivity index (χ2v) is 2.64. The van der Waals surface area contributed by atoms with Gasteiger partial charge in [-0.15, -0.1) is 0 Å². The maximum Gasteiger partial charge on any atom is 0.338 e. The van der Waals surface area contributed by atoms with Crippen molar-refractivity contribution in [2.75, 3.05) is 20.3 Å². The molecule has 0 radical (unpaired) electrons. The number of ether oxygens (including phenoxy) is 2. The quantitative estimate of drug-likeness (QED) is 0.545. The van der Waals surface area contributed by atoms with Crippen LogP contribution in [0.3, 0.4) is 0 Å². The van der Waals surface area contributed by atoms with E-state index < -0.39 is 5.97 Å². The number of carbonyl (C=O) groups is 1. The van der Waals surface area contributed by atoms with Crippen LogP contribution in [0.25, 0.3) is 0 Å². The third-order valence-electron chi connectivity index (χ3n) is 1.60. The Balaban J connectivity index is 2.48. The first-order valence-electron chi connectivity index (χ1n) is 4.15. The Hall–Kier alpha value is -1.42. The van der Waals surface area contributed by atoms with Crippen molar-refractivity contribution in [3.63, 3.8) is 0 Å². The Morgan fingerprint density at radius 2 is 1.93 bits per heavy atom. The third-order valence-corrected chi connectivity index (χ3v) is 1.60. The number of hydrogen-bond acceptors (Lipinski definition) is 3. The van der Waals surface area contributed by atoms with E-state index in [4.69, 9.17) is 9.47 Å². The zero-order valence-electron chi connectivity index (χ0n) is 7.83. The summed E-state index contributed by atoms with van der Waals surface area (Å²) in [7, 11) is 1.52. The Bertz CT molecular complexity index is 295. The van der Waals surface area contributed by atoms with Crippen molar-refractivity contribution >= 4 is 5.97 Å². The lowest BCUT2D eigenvalue weighted by Gasteiger charge is -2.03. The lowest BCUT2D eigenvalue weighted by Crippen LogP contribution is -2.09. The van der Waals surface area contributed by atoms with Crippen molar-refractivity contribution in [1.82, 2.24) is 0 Å². The summed E-state index contributed by atoms with van der Waals surface area (Å²) in [6, 6.07) is 5.19. The molecule has 0 aliphatic heterocycles. The van der Waals surface area contributed by atoms with Gasteiger partial charge in [0.15, 0.2) is 0 Å². The Morgan fingerprint density at radius 1 is 1.29 bits per heavy atom. The lowest BCUT2D eigenvalue weighted by molar-refractivity contribution is 0.0388. The number of methoxy groups -OCH3 is 1. The molecule has 0 aromatic heterocycles. The SMILES string of the molecule is COCCOC(=O)c1ccc(F)cc1. The Kier molecular flexibility index (Phi) is 4.07. The number of hydrogen-bond donors (Lipinski definition) is 0. The fourth-order valence-electron chi connectivity index (χ4n) is 0.887. The standard InChI is InChI=1S/C10H11FO3/c1-13-6-7-14-10(12)8-2-4-9(11)5-3-8/h2-5H,6-7H2,1H3. The van der Waals surface area contributed by atoms with Crippen LogP contribution in [0.4, 0.5) is 4.39 Å². The molecule has 0 fully saturated rings. The van der Waals surface area contributed by atoms with Gasteiger partial charge in [0.05, 0.1) is 12.2 Å². The van der Waals surface area contributed by atoms with E-state index in [1.54, 1.807) is 0 Å². The van der Waals surface area contributed by atoms with Crippen LogP contribution in [0.1, 0.15) is 10.4 Å². The molecule has 4 heteroatoms. The molecular formula is C10H11FO3. The highest BCUT2D eigenvalue weighted by Gasteiger charge is 2.05. The highest BCUT2D eigenvalue weighted by molar-refractivity contribution is 5.89. The van der Waals surface area contributed by atoms with Crippen LogP contribution in [0.15, 0.2) is 24.3 Å². The Labute approximate surface area is 81.4 Å². The average molecular weight is 198 g/mol. The first-order valence-corrected chi connectivity index (χ1v) is 4.15. The molecule has 1 rings (SSSR count). The van der Waals surface area contributed by atoms with Crippen molar-refractivity contribution in [3.8, 4) is 0 Å². The van der Waals surface area contributed by atoms with E-state index in [-0.39, 0.29) is 12.4 Å². The number of halogens is 1. The van der Waals surface area contributed by atoms with Gasteiger partial charge in [-0.05, 0) is 24.3 Å². The predicted octanol–water partition coefficient (Wildman–Crippen LogP) is 1.63. The molecule has 0 unspecified atom stereocenters.